The summed E-state index contributed by atoms with van der Waals surface area (Å²) in [6.45, 7) is 0.760. The standard InChI is InChI=1S/C14H17N3O3/c1-16-9-7-13(18)17(14(16)19)8-2-10-20-12-5-3-11(15)4-6-12/h3-7,9H,2,8,10,15H2,1H3. The molecule has 1 heterocycles. The van der Waals surface area contributed by atoms with Gasteiger partial charge in [-0.3, -0.25) is 9.36 Å². The van der Waals surface area contributed by atoms with Gasteiger partial charge in [0, 0.05) is 31.5 Å². The first-order chi connectivity index (χ1) is 9.58. The van der Waals surface area contributed by atoms with E-state index in [1.165, 1.54) is 21.4 Å². The van der Waals surface area contributed by atoms with Gasteiger partial charge in [-0.15, -0.1) is 0 Å². The first-order valence-corrected chi connectivity index (χ1v) is 6.33. The lowest BCUT2D eigenvalue weighted by Gasteiger charge is -2.08. The molecule has 2 rings (SSSR count). The molecule has 2 aromatic rings. The smallest absolute Gasteiger partial charge is 0.330 e. The normalized spacial score (nSPS) is 10.4. The van der Waals surface area contributed by atoms with E-state index >= 15 is 0 Å². The van der Waals surface area contributed by atoms with E-state index in [9.17, 15) is 9.59 Å². The summed E-state index contributed by atoms with van der Waals surface area (Å²) < 4.78 is 8.09. The van der Waals surface area contributed by atoms with E-state index in [1.807, 2.05) is 0 Å². The topological polar surface area (TPSA) is 79.2 Å². The van der Waals surface area contributed by atoms with Crippen molar-refractivity contribution in [1.82, 2.24) is 9.13 Å². The minimum atomic E-state index is -0.315. The molecule has 1 aromatic heterocycles. The number of rotatable bonds is 5. The van der Waals surface area contributed by atoms with E-state index in [-0.39, 0.29) is 11.2 Å². The Morgan fingerprint density at radius 3 is 2.55 bits per heavy atom. The van der Waals surface area contributed by atoms with Crippen LogP contribution in [0.3, 0.4) is 0 Å². The number of anilines is 1. The number of nitrogens with zero attached hydrogens (tertiary/aromatic N) is 2. The zero-order valence-corrected chi connectivity index (χ0v) is 11.3. The van der Waals surface area contributed by atoms with Gasteiger partial charge in [0.2, 0.25) is 0 Å². The van der Waals surface area contributed by atoms with Crippen molar-refractivity contribution in [2.24, 2.45) is 7.05 Å². The van der Waals surface area contributed by atoms with E-state index < -0.39 is 0 Å². The third-order valence-corrected chi connectivity index (χ3v) is 2.91. The van der Waals surface area contributed by atoms with Crippen molar-refractivity contribution >= 4 is 5.69 Å². The van der Waals surface area contributed by atoms with Crippen LogP contribution < -0.4 is 21.7 Å². The minimum absolute atomic E-state index is 0.291. The molecule has 0 unspecified atom stereocenters. The van der Waals surface area contributed by atoms with Gasteiger partial charge >= 0.3 is 5.69 Å². The Labute approximate surface area is 116 Å². The molecule has 2 N–H and O–H groups in total. The van der Waals surface area contributed by atoms with Gasteiger partial charge in [-0.05, 0) is 30.7 Å². The fraction of sp³-hybridized carbons (Fsp3) is 0.286. The summed E-state index contributed by atoms with van der Waals surface area (Å²) in [6, 6.07) is 8.45. The summed E-state index contributed by atoms with van der Waals surface area (Å²) in [5.41, 5.74) is 5.65. The molecule has 0 radical (unpaired) electrons. The van der Waals surface area contributed by atoms with Crippen LogP contribution in [0.4, 0.5) is 5.69 Å². The molecule has 0 saturated heterocycles. The lowest BCUT2D eigenvalue weighted by molar-refractivity contribution is 0.299. The summed E-state index contributed by atoms with van der Waals surface area (Å²) in [6.07, 6.45) is 2.04. The van der Waals surface area contributed by atoms with Crippen molar-refractivity contribution in [3.63, 3.8) is 0 Å². The van der Waals surface area contributed by atoms with Crippen LogP contribution in [-0.2, 0) is 13.6 Å². The SMILES string of the molecule is Cn1ccc(=O)n(CCCOc2ccc(N)cc2)c1=O. The van der Waals surface area contributed by atoms with E-state index in [1.54, 1.807) is 31.3 Å². The number of hydrogen-bond donors (Lipinski definition) is 1. The fourth-order valence-corrected chi connectivity index (χ4v) is 1.80. The summed E-state index contributed by atoms with van der Waals surface area (Å²) >= 11 is 0. The first kappa shape index (κ1) is 13.9. The molecule has 20 heavy (non-hydrogen) atoms. The highest BCUT2D eigenvalue weighted by atomic mass is 16.5. The van der Waals surface area contributed by atoms with Gasteiger partial charge in [-0.1, -0.05) is 0 Å². The van der Waals surface area contributed by atoms with Gasteiger partial charge in [-0.2, -0.15) is 0 Å². The summed E-state index contributed by atoms with van der Waals surface area (Å²) in [5.74, 6) is 0.715. The number of nitrogens with two attached hydrogens (primary N) is 1. The van der Waals surface area contributed by atoms with Crippen molar-refractivity contribution in [3.8, 4) is 5.75 Å². The molecular weight excluding hydrogens is 258 g/mol. The van der Waals surface area contributed by atoms with Crippen LogP contribution in [0, 0.1) is 0 Å². The van der Waals surface area contributed by atoms with Crippen molar-refractivity contribution in [3.05, 3.63) is 57.4 Å². The average Bonchev–Trinajstić information content (AvgIpc) is 2.44. The highest BCUT2D eigenvalue weighted by Crippen LogP contribution is 2.13. The number of aromatic nitrogens is 2. The van der Waals surface area contributed by atoms with Crippen LogP contribution in [0.1, 0.15) is 6.42 Å². The van der Waals surface area contributed by atoms with Crippen LogP contribution >= 0.6 is 0 Å². The molecule has 0 saturated carbocycles. The number of nitrogen functional groups attached to an aromatic ring is 1. The van der Waals surface area contributed by atoms with Gasteiger partial charge in [0.15, 0.2) is 0 Å². The van der Waals surface area contributed by atoms with Crippen LogP contribution in [0.5, 0.6) is 5.75 Å². The second-order valence-corrected chi connectivity index (χ2v) is 4.47. The van der Waals surface area contributed by atoms with Gasteiger partial charge in [0.05, 0.1) is 6.61 Å². The minimum Gasteiger partial charge on any atom is -0.494 e. The third-order valence-electron chi connectivity index (χ3n) is 2.91. The second kappa shape index (κ2) is 6.10. The van der Waals surface area contributed by atoms with Crippen molar-refractivity contribution < 1.29 is 4.74 Å². The zero-order valence-electron chi connectivity index (χ0n) is 11.3. The summed E-state index contributed by atoms with van der Waals surface area (Å²) in [7, 11) is 1.61. The molecule has 106 valence electrons. The monoisotopic (exact) mass is 275 g/mol. The Balaban J connectivity index is 1.91. The number of aryl methyl sites for hydroxylation is 1. The molecule has 1 aromatic carbocycles. The highest BCUT2D eigenvalue weighted by Gasteiger charge is 2.02. The van der Waals surface area contributed by atoms with E-state index in [4.69, 9.17) is 10.5 Å². The summed E-state index contributed by atoms with van der Waals surface area (Å²) in [4.78, 5) is 23.4. The Morgan fingerprint density at radius 1 is 1.15 bits per heavy atom. The Kier molecular flexibility index (Phi) is 4.24. The third kappa shape index (κ3) is 3.28. The van der Waals surface area contributed by atoms with E-state index in [2.05, 4.69) is 0 Å². The molecule has 0 fully saturated rings. The average molecular weight is 275 g/mol. The predicted octanol–water partition coefficient (Wildman–Crippen LogP) is 0.598. The summed E-state index contributed by atoms with van der Waals surface area (Å²) in [5, 5.41) is 0. The van der Waals surface area contributed by atoms with Gasteiger partial charge in [-0.25, -0.2) is 4.79 Å². The molecule has 0 bridgehead atoms. The first-order valence-electron chi connectivity index (χ1n) is 6.33. The molecule has 0 amide bonds. The van der Waals surface area contributed by atoms with Crippen LogP contribution in [0.2, 0.25) is 0 Å². The molecule has 0 aliphatic rings. The van der Waals surface area contributed by atoms with Gasteiger partial charge < -0.3 is 15.0 Å². The number of hydrogen-bond acceptors (Lipinski definition) is 4. The number of benzene rings is 1. The Bertz CT molecular complexity index is 686. The maximum Gasteiger partial charge on any atom is 0.330 e. The molecule has 0 aliphatic heterocycles. The van der Waals surface area contributed by atoms with Crippen molar-refractivity contribution in [2.45, 2.75) is 13.0 Å². The lowest BCUT2D eigenvalue weighted by Crippen LogP contribution is -2.38. The molecule has 6 nitrogen and oxygen atoms in total. The largest absolute Gasteiger partial charge is 0.494 e. The molecule has 6 heteroatoms. The van der Waals surface area contributed by atoms with Gasteiger partial charge in [0.1, 0.15) is 5.75 Å². The molecule has 0 aliphatic carbocycles. The molecular formula is C14H17N3O3. The van der Waals surface area contributed by atoms with Crippen molar-refractivity contribution in [1.29, 1.82) is 0 Å². The zero-order chi connectivity index (χ0) is 14.5. The Morgan fingerprint density at radius 2 is 1.85 bits per heavy atom. The van der Waals surface area contributed by atoms with E-state index in [0.717, 1.165) is 0 Å². The van der Waals surface area contributed by atoms with Crippen LogP contribution in [0.25, 0.3) is 0 Å². The quantitative estimate of drug-likeness (QED) is 0.640. The number of ether oxygens (including phenoxy) is 1. The maximum absolute atomic E-state index is 11.8. The Hall–Kier alpha value is -2.50. The van der Waals surface area contributed by atoms with Crippen molar-refractivity contribution in [2.75, 3.05) is 12.3 Å². The van der Waals surface area contributed by atoms with Crippen LogP contribution in [0.15, 0.2) is 46.1 Å². The van der Waals surface area contributed by atoms with E-state index in [0.29, 0.717) is 31.0 Å². The molecule has 0 spiro atoms. The second-order valence-electron chi connectivity index (χ2n) is 4.47. The highest BCUT2D eigenvalue weighted by molar-refractivity contribution is 5.41. The lowest BCUT2D eigenvalue weighted by atomic mass is 10.3. The van der Waals surface area contributed by atoms with Crippen LogP contribution in [-0.4, -0.2) is 15.7 Å². The van der Waals surface area contributed by atoms with Gasteiger partial charge in [0.25, 0.3) is 5.56 Å². The predicted molar refractivity (Wildman–Crippen MR) is 76.9 cm³/mol. The molecule has 0 atom stereocenters. The fourth-order valence-electron chi connectivity index (χ4n) is 1.80. The maximum atomic E-state index is 11.8.